The third kappa shape index (κ3) is 4.63. The maximum Gasteiger partial charge on any atom is 0.366 e. The van der Waals surface area contributed by atoms with Gasteiger partial charge in [0.1, 0.15) is 0 Å². The van der Waals surface area contributed by atoms with Crippen LogP contribution in [-0.4, -0.2) is 9.64 Å². The van der Waals surface area contributed by atoms with Crippen LogP contribution in [0.2, 0.25) is 0 Å². The van der Waals surface area contributed by atoms with Crippen LogP contribution >= 0.6 is 0 Å². The van der Waals surface area contributed by atoms with Crippen LogP contribution in [-0.2, 0) is 0 Å². The van der Waals surface area contributed by atoms with Crippen LogP contribution in [0.1, 0.15) is 17.1 Å². The Morgan fingerprint density at radius 2 is 1.76 bits per heavy atom. The molecule has 2 heterocycles. The van der Waals surface area contributed by atoms with E-state index in [4.69, 9.17) is 23.2 Å². The van der Waals surface area contributed by atoms with Gasteiger partial charge in [-0.05, 0) is 16.5 Å². The summed E-state index contributed by atoms with van der Waals surface area (Å²) in [6, 6.07) is 3.93. The molecule has 0 spiro atoms. The summed E-state index contributed by atoms with van der Waals surface area (Å²) in [5, 5.41) is 0. The van der Waals surface area contributed by atoms with E-state index in [1.54, 1.807) is 4.57 Å². The summed E-state index contributed by atoms with van der Waals surface area (Å²) in [6.07, 6.45) is 0. The van der Waals surface area contributed by atoms with E-state index in [-0.39, 0.29) is 0 Å². The molecule has 0 radical (unpaired) electrons. The van der Waals surface area contributed by atoms with Gasteiger partial charge in [0.25, 0.3) is 0 Å². The second-order valence-electron chi connectivity index (χ2n) is 3.43. The fraction of sp³-hybridized carbons (Fsp3) is 0.333. The molecule has 2 aromatic rings. The molecule has 0 bridgehead atoms. The molecule has 0 aliphatic heterocycles. The molecule has 94 valence electrons. The van der Waals surface area contributed by atoms with Crippen molar-refractivity contribution in [1.29, 1.82) is 0 Å². The molecular weight excluding hydrogens is 252 g/mol. The summed E-state index contributed by atoms with van der Waals surface area (Å²) in [6.45, 7) is 5.91. The van der Waals surface area contributed by atoms with Crippen LogP contribution < -0.4 is 18.6 Å². The Morgan fingerprint density at radius 1 is 1.24 bits per heavy atom. The lowest BCUT2D eigenvalue weighted by Gasteiger charge is -2.03. The minimum absolute atomic E-state index is 0.880. The topological polar surface area (TPSA) is 120 Å². The van der Waals surface area contributed by atoms with E-state index >= 15 is 0 Å². The van der Waals surface area contributed by atoms with Gasteiger partial charge in [-0.1, -0.05) is 0 Å². The Kier molecular flexibility index (Phi) is 4.02. The van der Waals surface area contributed by atoms with E-state index < -0.39 is 10.2 Å². The van der Waals surface area contributed by atoms with Crippen LogP contribution in [0, 0.1) is 31.0 Å². The van der Waals surface area contributed by atoms with Crippen molar-refractivity contribution < 1.29 is 38.0 Å². The third-order valence-corrected chi connectivity index (χ3v) is 1.80. The Hall–Kier alpha value is -1.25. The average Bonchev–Trinajstić information content (AvgIpc) is 2.42. The minimum atomic E-state index is -4.69. The zero-order valence-electron chi connectivity index (χ0n) is 9.51. The number of aromatic nitrogens is 2. The van der Waals surface area contributed by atoms with Crippen LogP contribution in [0.4, 0.5) is 0 Å². The van der Waals surface area contributed by atoms with Crippen LogP contribution in [0.25, 0.3) is 5.65 Å². The largest absolute Gasteiger partial charge is 0.366 e. The maximum absolute atomic E-state index is 8.60. The van der Waals surface area contributed by atoms with Gasteiger partial charge in [-0.25, -0.2) is 0 Å². The molecule has 0 unspecified atom stereocenters. The predicted molar refractivity (Wildman–Crippen MR) is 46.1 cm³/mol. The van der Waals surface area contributed by atoms with Gasteiger partial charge in [-0.2, -0.15) is 14.0 Å². The number of hydrogen-bond donors (Lipinski definition) is 1. The van der Waals surface area contributed by atoms with E-state index in [9.17, 15) is 0 Å². The summed E-state index contributed by atoms with van der Waals surface area (Å²) in [5.41, 5.74) is 2.98. The first-order valence-electron chi connectivity index (χ1n) is 4.57. The molecule has 1 N–H and O–H groups in total. The number of halogens is 1. The number of rotatable bonds is 0. The van der Waals surface area contributed by atoms with Gasteiger partial charge in [0.2, 0.25) is 0 Å². The summed E-state index contributed by atoms with van der Waals surface area (Å²) in [4.78, 5) is 4.33. The third-order valence-electron chi connectivity index (χ3n) is 1.80. The van der Waals surface area contributed by atoms with Crippen molar-refractivity contribution in [1.82, 2.24) is 4.98 Å². The van der Waals surface area contributed by atoms with Crippen molar-refractivity contribution in [3.8, 4) is 0 Å². The molecule has 0 atom stereocenters. The lowest BCUT2D eigenvalue weighted by molar-refractivity contribution is -1.92. The van der Waals surface area contributed by atoms with Gasteiger partial charge in [-0.15, -0.1) is 0 Å². The number of fused-ring (bicyclic) bond motifs is 1. The smallest absolute Gasteiger partial charge is 0.300 e. The minimum Gasteiger partial charge on any atom is -0.300 e. The summed E-state index contributed by atoms with van der Waals surface area (Å²) in [5.74, 6) is 0.885. The van der Waals surface area contributed by atoms with E-state index in [1.165, 1.54) is 0 Å². The number of hydrogen-bond acceptors (Lipinski definition) is 6. The molecule has 0 aliphatic rings. The Balaban J connectivity index is 0.000000249. The summed E-state index contributed by atoms with van der Waals surface area (Å²) < 4.78 is 39.9. The fourth-order valence-corrected chi connectivity index (χ4v) is 1.36. The van der Waals surface area contributed by atoms with Gasteiger partial charge in [0, 0.05) is 19.9 Å². The Bertz CT molecular complexity index is 514. The molecule has 8 heteroatoms. The highest BCUT2D eigenvalue weighted by molar-refractivity contribution is 5.30. The normalized spacial score (nSPS) is 11.2. The first-order valence-corrected chi connectivity index (χ1v) is 5.83. The molecule has 17 heavy (non-hydrogen) atoms. The summed E-state index contributed by atoms with van der Waals surface area (Å²) >= 11 is 0. The molecule has 0 amide bonds. The molecule has 0 saturated heterocycles. The van der Waals surface area contributed by atoms with E-state index in [1.807, 2.05) is 32.9 Å². The zero-order chi connectivity index (χ0) is 13.2. The SMILES string of the molecule is Cc1cc(C)[n+]2oc(C)cc2n1.[O-][Cl+3]([O-])([O-])O. The molecule has 0 saturated carbocycles. The van der Waals surface area contributed by atoms with Gasteiger partial charge in [-0.3, -0.25) is 0 Å². The van der Waals surface area contributed by atoms with Crippen molar-refractivity contribution in [3.63, 3.8) is 0 Å². The second-order valence-corrected chi connectivity index (χ2v) is 4.23. The monoisotopic (exact) mass is 263 g/mol. The Morgan fingerprint density at radius 3 is 2.29 bits per heavy atom. The van der Waals surface area contributed by atoms with E-state index in [0.29, 0.717) is 0 Å². The van der Waals surface area contributed by atoms with Crippen molar-refractivity contribution in [3.05, 3.63) is 29.3 Å². The highest BCUT2D eigenvalue weighted by Gasteiger charge is 2.13. The standard InChI is InChI=1S/C9H11N2O.ClHO4/c1-6-4-7(2)11-9(10-6)5-8(3)12-11;2-1(3,4)5/h4-5H,1-3H3;(H,2,3,4,5)/q+1;. The highest BCUT2D eigenvalue weighted by atomic mass is 35.7. The number of nitrogens with zero attached hydrogens (tertiary/aromatic N) is 2. The van der Waals surface area contributed by atoms with Crippen LogP contribution in [0.5, 0.6) is 0 Å². The van der Waals surface area contributed by atoms with Crippen molar-refractivity contribution in [2.45, 2.75) is 20.8 Å². The molecule has 7 nitrogen and oxygen atoms in total. The Labute approximate surface area is 99.3 Å². The van der Waals surface area contributed by atoms with Gasteiger partial charge >= 0.3 is 5.65 Å². The van der Waals surface area contributed by atoms with E-state index in [2.05, 4.69) is 4.98 Å². The van der Waals surface area contributed by atoms with Crippen molar-refractivity contribution in [2.75, 3.05) is 0 Å². The fourth-order valence-electron chi connectivity index (χ4n) is 1.36. The second kappa shape index (κ2) is 4.94. The van der Waals surface area contributed by atoms with Crippen molar-refractivity contribution >= 4 is 5.65 Å². The molecular formula is C9H12ClN2O5+. The first kappa shape index (κ1) is 13.8. The zero-order valence-corrected chi connectivity index (χ0v) is 10.3. The molecule has 2 rings (SSSR count). The molecule has 0 fully saturated rings. The maximum atomic E-state index is 8.60. The quantitative estimate of drug-likeness (QED) is 0.513. The predicted octanol–water partition coefficient (Wildman–Crippen LogP) is -2.79. The van der Waals surface area contributed by atoms with Gasteiger partial charge in [0.15, 0.2) is 17.1 Å². The highest BCUT2D eigenvalue weighted by Crippen LogP contribution is 2.03. The van der Waals surface area contributed by atoms with Gasteiger partial charge < -0.3 is 4.52 Å². The lowest BCUT2D eigenvalue weighted by Crippen LogP contribution is -2.58. The molecule has 2 aromatic heterocycles. The first-order chi connectivity index (χ1) is 7.66. The lowest BCUT2D eigenvalue weighted by atomic mass is 10.3. The van der Waals surface area contributed by atoms with Crippen LogP contribution in [0.3, 0.4) is 0 Å². The molecule has 0 aliphatic carbocycles. The van der Waals surface area contributed by atoms with E-state index in [0.717, 1.165) is 22.8 Å². The average molecular weight is 264 g/mol. The molecule has 0 aromatic carbocycles. The number of aryl methyl sites for hydroxylation is 3. The summed E-state index contributed by atoms with van der Waals surface area (Å²) in [7, 11) is -4.69. The van der Waals surface area contributed by atoms with Crippen molar-refractivity contribution in [2.24, 2.45) is 0 Å². The van der Waals surface area contributed by atoms with Crippen LogP contribution in [0.15, 0.2) is 16.7 Å². The van der Waals surface area contributed by atoms with Gasteiger partial charge in [0.05, 0.1) is 21.0 Å².